The molecule has 2 aromatic carbocycles. The van der Waals surface area contributed by atoms with E-state index in [1.165, 1.54) is 0 Å². The maximum Gasteiger partial charge on any atom is 0.191 e. The van der Waals surface area contributed by atoms with Gasteiger partial charge in [0.1, 0.15) is 5.75 Å². The molecule has 154 valence electrons. The van der Waals surface area contributed by atoms with Crippen molar-refractivity contribution in [1.29, 1.82) is 0 Å². The van der Waals surface area contributed by atoms with E-state index in [0.717, 1.165) is 40.8 Å². The van der Waals surface area contributed by atoms with Gasteiger partial charge < -0.3 is 24.8 Å². The lowest BCUT2D eigenvalue weighted by Crippen LogP contribution is -2.36. The van der Waals surface area contributed by atoms with Crippen LogP contribution in [0.25, 0.3) is 0 Å². The zero-order valence-corrected chi connectivity index (χ0v) is 19.3. The van der Waals surface area contributed by atoms with Crippen LogP contribution in [0.2, 0.25) is 0 Å². The zero-order chi connectivity index (χ0) is 19.5. The first-order valence-electron chi connectivity index (χ1n) is 9.07. The standard InChI is InChI=1S/C21H29N3O3.HI/c1-5-11-27-19-10-9-17(13-20(19)26-4)15-24-21(22-2)23-14-16-7-6-8-18(12-16)25-3;/h6-10,12-13H,5,11,14-15H2,1-4H3,(H2,22,23,24);1H. The second-order valence-electron chi connectivity index (χ2n) is 5.96. The topological polar surface area (TPSA) is 64.1 Å². The molecule has 2 N–H and O–H groups in total. The van der Waals surface area contributed by atoms with Gasteiger partial charge in [0.15, 0.2) is 17.5 Å². The number of benzene rings is 2. The van der Waals surface area contributed by atoms with Crippen molar-refractivity contribution < 1.29 is 14.2 Å². The van der Waals surface area contributed by atoms with Gasteiger partial charge in [0.2, 0.25) is 0 Å². The molecule has 7 heteroatoms. The average molecular weight is 499 g/mol. The number of rotatable bonds is 9. The van der Waals surface area contributed by atoms with E-state index in [2.05, 4.69) is 22.5 Å². The second-order valence-corrected chi connectivity index (χ2v) is 5.96. The van der Waals surface area contributed by atoms with Gasteiger partial charge in [0.05, 0.1) is 20.8 Å². The molecule has 0 saturated heterocycles. The SMILES string of the molecule is CCCOc1ccc(CNC(=NC)NCc2cccc(OC)c2)cc1OC.I. The van der Waals surface area contributed by atoms with Crippen LogP contribution in [-0.2, 0) is 13.1 Å². The fourth-order valence-corrected chi connectivity index (χ4v) is 2.53. The number of nitrogens with zero attached hydrogens (tertiary/aromatic N) is 1. The molecule has 0 bridgehead atoms. The van der Waals surface area contributed by atoms with E-state index in [0.29, 0.717) is 19.7 Å². The summed E-state index contributed by atoms with van der Waals surface area (Å²) in [4.78, 5) is 4.27. The molecule has 0 radical (unpaired) electrons. The highest BCUT2D eigenvalue weighted by Gasteiger charge is 2.06. The molecule has 0 unspecified atom stereocenters. The van der Waals surface area contributed by atoms with Gasteiger partial charge in [-0.1, -0.05) is 25.1 Å². The molecule has 0 aliphatic rings. The largest absolute Gasteiger partial charge is 0.497 e. The van der Waals surface area contributed by atoms with E-state index in [1.54, 1.807) is 21.3 Å². The van der Waals surface area contributed by atoms with Crippen LogP contribution in [0.5, 0.6) is 17.2 Å². The second kappa shape index (κ2) is 13.1. The quantitative estimate of drug-likeness (QED) is 0.311. The Balaban J connectivity index is 0.00000392. The van der Waals surface area contributed by atoms with Gasteiger partial charge in [-0.05, 0) is 41.8 Å². The highest BCUT2D eigenvalue weighted by Crippen LogP contribution is 2.28. The molecule has 0 fully saturated rings. The summed E-state index contributed by atoms with van der Waals surface area (Å²) in [5, 5.41) is 6.61. The number of nitrogens with one attached hydrogen (secondary N) is 2. The molecule has 6 nitrogen and oxygen atoms in total. The summed E-state index contributed by atoms with van der Waals surface area (Å²) >= 11 is 0. The zero-order valence-electron chi connectivity index (χ0n) is 17.0. The van der Waals surface area contributed by atoms with E-state index in [-0.39, 0.29) is 24.0 Å². The Morgan fingerprint density at radius 2 is 1.64 bits per heavy atom. The lowest BCUT2D eigenvalue weighted by atomic mass is 10.2. The first kappa shape index (κ1) is 23.9. The van der Waals surface area contributed by atoms with Crippen molar-refractivity contribution in [2.24, 2.45) is 4.99 Å². The van der Waals surface area contributed by atoms with Crippen molar-refractivity contribution in [2.45, 2.75) is 26.4 Å². The van der Waals surface area contributed by atoms with Crippen molar-refractivity contribution in [3.8, 4) is 17.2 Å². The first-order chi connectivity index (χ1) is 13.2. The van der Waals surface area contributed by atoms with Crippen molar-refractivity contribution in [3.05, 3.63) is 53.6 Å². The highest BCUT2D eigenvalue weighted by molar-refractivity contribution is 14.0. The predicted octanol–water partition coefficient (Wildman–Crippen LogP) is 3.98. The molecule has 28 heavy (non-hydrogen) atoms. The molecule has 0 aromatic heterocycles. The molecular formula is C21H30IN3O3. The van der Waals surface area contributed by atoms with Crippen LogP contribution in [0, 0.1) is 0 Å². The monoisotopic (exact) mass is 499 g/mol. The van der Waals surface area contributed by atoms with Crippen LogP contribution in [0.15, 0.2) is 47.5 Å². The number of aliphatic imine (C=N–C) groups is 1. The van der Waals surface area contributed by atoms with Gasteiger partial charge in [-0.25, -0.2) is 0 Å². The van der Waals surface area contributed by atoms with Gasteiger partial charge in [-0.2, -0.15) is 0 Å². The minimum absolute atomic E-state index is 0. The molecule has 2 aromatic rings. The molecule has 0 spiro atoms. The summed E-state index contributed by atoms with van der Waals surface area (Å²) < 4.78 is 16.4. The Morgan fingerprint density at radius 3 is 2.25 bits per heavy atom. The lowest BCUT2D eigenvalue weighted by Gasteiger charge is -2.14. The molecule has 0 amide bonds. The third kappa shape index (κ3) is 7.46. The third-order valence-electron chi connectivity index (χ3n) is 3.97. The van der Waals surface area contributed by atoms with E-state index in [9.17, 15) is 0 Å². The maximum atomic E-state index is 5.69. The van der Waals surface area contributed by atoms with Crippen LogP contribution >= 0.6 is 24.0 Å². The lowest BCUT2D eigenvalue weighted by molar-refractivity contribution is 0.294. The molecule has 2 rings (SSSR count). The Hall–Kier alpha value is -2.16. The Morgan fingerprint density at radius 1 is 0.929 bits per heavy atom. The maximum absolute atomic E-state index is 5.69. The fraction of sp³-hybridized carbons (Fsp3) is 0.381. The molecule has 0 heterocycles. The minimum Gasteiger partial charge on any atom is -0.497 e. The number of hydrogen-bond acceptors (Lipinski definition) is 4. The molecule has 0 saturated carbocycles. The van der Waals surface area contributed by atoms with Gasteiger partial charge in [-0.15, -0.1) is 24.0 Å². The van der Waals surface area contributed by atoms with Gasteiger partial charge in [0.25, 0.3) is 0 Å². The number of hydrogen-bond donors (Lipinski definition) is 2. The highest BCUT2D eigenvalue weighted by atomic mass is 127. The van der Waals surface area contributed by atoms with E-state index < -0.39 is 0 Å². The Kier molecular flexibility index (Phi) is 11.2. The smallest absolute Gasteiger partial charge is 0.191 e. The third-order valence-corrected chi connectivity index (χ3v) is 3.97. The van der Waals surface area contributed by atoms with Crippen LogP contribution in [-0.4, -0.2) is 33.8 Å². The van der Waals surface area contributed by atoms with Crippen LogP contribution in [0.1, 0.15) is 24.5 Å². The summed E-state index contributed by atoms with van der Waals surface area (Å²) in [6, 6.07) is 13.9. The first-order valence-corrected chi connectivity index (χ1v) is 9.07. The number of guanidine groups is 1. The van der Waals surface area contributed by atoms with Crippen molar-refractivity contribution >= 4 is 29.9 Å². The normalized spacial score (nSPS) is 10.6. The Labute approximate surface area is 184 Å². The number of ether oxygens (including phenoxy) is 3. The van der Waals surface area contributed by atoms with Gasteiger partial charge >= 0.3 is 0 Å². The molecule has 0 atom stereocenters. The summed E-state index contributed by atoms with van der Waals surface area (Å²) in [5.41, 5.74) is 2.21. The number of halogens is 1. The van der Waals surface area contributed by atoms with Crippen LogP contribution < -0.4 is 24.8 Å². The summed E-state index contributed by atoms with van der Waals surface area (Å²) in [6.07, 6.45) is 0.960. The van der Waals surface area contributed by atoms with Crippen LogP contribution in [0.3, 0.4) is 0 Å². The van der Waals surface area contributed by atoms with Crippen molar-refractivity contribution in [1.82, 2.24) is 10.6 Å². The average Bonchev–Trinajstić information content (AvgIpc) is 2.72. The van der Waals surface area contributed by atoms with Gasteiger partial charge in [-0.3, -0.25) is 4.99 Å². The van der Waals surface area contributed by atoms with Crippen molar-refractivity contribution in [3.63, 3.8) is 0 Å². The fourth-order valence-electron chi connectivity index (χ4n) is 2.53. The summed E-state index contributed by atoms with van der Waals surface area (Å²) in [7, 11) is 5.07. The predicted molar refractivity (Wildman–Crippen MR) is 124 cm³/mol. The van der Waals surface area contributed by atoms with E-state index in [1.807, 2.05) is 42.5 Å². The van der Waals surface area contributed by atoms with E-state index in [4.69, 9.17) is 14.2 Å². The molecule has 0 aliphatic carbocycles. The minimum atomic E-state index is 0. The molecular weight excluding hydrogens is 469 g/mol. The number of methoxy groups -OCH3 is 2. The molecule has 0 aliphatic heterocycles. The Bertz CT molecular complexity index is 753. The van der Waals surface area contributed by atoms with Crippen molar-refractivity contribution in [2.75, 3.05) is 27.9 Å². The summed E-state index contributed by atoms with van der Waals surface area (Å²) in [5.74, 6) is 3.07. The van der Waals surface area contributed by atoms with E-state index >= 15 is 0 Å². The van der Waals surface area contributed by atoms with Gasteiger partial charge in [0, 0.05) is 20.1 Å². The summed E-state index contributed by atoms with van der Waals surface area (Å²) in [6.45, 7) is 4.04. The van der Waals surface area contributed by atoms with Crippen LogP contribution in [0.4, 0.5) is 0 Å².